The van der Waals surface area contributed by atoms with Crippen molar-refractivity contribution in [1.29, 1.82) is 0 Å². The molecule has 0 fully saturated rings. The Morgan fingerprint density at radius 2 is 1.67 bits per heavy atom. The highest BCUT2D eigenvalue weighted by Gasteiger charge is 2.31. The molecule has 0 saturated heterocycles. The van der Waals surface area contributed by atoms with Crippen molar-refractivity contribution in [2.45, 2.75) is 52.7 Å². The van der Waals surface area contributed by atoms with E-state index >= 15 is 0 Å². The van der Waals surface area contributed by atoms with E-state index in [2.05, 4.69) is 27.0 Å². The average molecular weight is 374 g/mol. The molecule has 0 radical (unpaired) electrons. The number of nitrogens with zero attached hydrogens (tertiary/aromatic N) is 1. The van der Waals surface area contributed by atoms with Crippen LogP contribution in [-0.4, -0.2) is 37.1 Å². The van der Waals surface area contributed by atoms with E-state index in [0.717, 1.165) is 12.0 Å². The maximum absolute atomic E-state index is 13.3. The third kappa shape index (κ3) is 7.12. The van der Waals surface area contributed by atoms with Crippen molar-refractivity contribution in [2.75, 3.05) is 14.2 Å². The van der Waals surface area contributed by atoms with Gasteiger partial charge in [0.15, 0.2) is 6.10 Å². The van der Waals surface area contributed by atoms with Gasteiger partial charge in [-0.15, -0.1) is 0 Å². The Morgan fingerprint density at radius 1 is 1.07 bits per heavy atom. The van der Waals surface area contributed by atoms with Crippen molar-refractivity contribution in [3.63, 3.8) is 0 Å². The summed E-state index contributed by atoms with van der Waals surface area (Å²) in [7, 11) is 3.38. The van der Waals surface area contributed by atoms with E-state index in [1.54, 1.807) is 19.1 Å². The molecule has 1 amide bonds. The molecular weight excluding hydrogens is 338 g/mol. The molecule has 1 aromatic rings. The van der Waals surface area contributed by atoms with Crippen molar-refractivity contribution in [2.24, 2.45) is 11.8 Å². The minimum atomic E-state index is -0.633. The summed E-state index contributed by atoms with van der Waals surface area (Å²) in [6.45, 7) is 16.2. The van der Waals surface area contributed by atoms with Gasteiger partial charge in [0.05, 0.1) is 18.9 Å². The molecule has 0 heterocycles. The van der Waals surface area contributed by atoms with E-state index in [4.69, 9.17) is 9.47 Å². The lowest BCUT2D eigenvalue weighted by Gasteiger charge is -2.33. The highest BCUT2D eigenvalue weighted by molar-refractivity contribution is 5.81. The van der Waals surface area contributed by atoms with Crippen LogP contribution in [0.1, 0.15) is 39.7 Å². The third-order valence-electron chi connectivity index (χ3n) is 4.62. The van der Waals surface area contributed by atoms with Gasteiger partial charge in [0, 0.05) is 19.4 Å². The van der Waals surface area contributed by atoms with Crippen LogP contribution in [0.5, 0.6) is 0 Å². The van der Waals surface area contributed by atoms with E-state index in [1.165, 1.54) is 0 Å². The predicted molar refractivity (Wildman–Crippen MR) is 111 cm³/mol. The lowest BCUT2D eigenvalue weighted by molar-refractivity contribution is -0.142. The number of rotatable bonds is 11. The zero-order valence-electron chi connectivity index (χ0n) is 17.7. The first-order valence-corrected chi connectivity index (χ1v) is 9.56. The highest BCUT2D eigenvalue weighted by Crippen LogP contribution is 2.22. The van der Waals surface area contributed by atoms with Gasteiger partial charge in [-0.2, -0.15) is 0 Å². The summed E-state index contributed by atoms with van der Waals surface area (Å²) in [4.78, 5) is 15.0. The second-order valence-electron chi connectivity index (χ2n) is 7.68. The molecule has 0 aliphatic carbocycles. The quantitative estimate of drug-likeness (QED) is 0.522. The summed E-state index contributed by atoms with van der Waals surface area (Å²) in [5, 5.41) is 0. The Kier molecular flexibility index (Phi) is 9.13. The van der Waals surface area contributed by atoms with Crippen LogP contribution >= 0.6 is 0 Å². The van der Waals surface area contributed by atoms with Gasteiger partial charge in [-0.25, -0.2) is 0 Å². The Labute approximate surface area is 164 Å². The van der Waals surface area contributed by atoms with E-state index in [1.807, 2.05) is 44.2 Å². The summed E-state index contributed by atoms with van der Waals surface area (Å²) in [6.07, 6.45) is 0.633. The molecule has 0 aromatic heterocycles. The standard InChI is InChI=1S/C23H35NO3/c1-16(2)14-21(19(6)26-8)24(7)23(25)22(27-18(5)17(3)4)15-20-12-10-9-11-13-20/h9-13,16-17,21-22H,5-6,14-15H2,1-4,7-8H3. The summed E-state index contributed by atoms with van der Waals surface area (Å²) in [6, 6.07) is 9.69. The Bertz CT molecular complexity index is 622. The van der Waals surface area contributed by atoms with Gasteiger partial charge >= 0.3 is 0 Å². The van der Waals surface area contributed by atoms with Crippen LogP contribution in [0.4, 0.5) is 0 Å². The van der Waals surface area contributed by atoms with Gasteiger partial charge in [-0.05, 0) is 17.9 Å². The molecule has 4 nitrogen and oxygen atoms in total. The second-order valence-corrected chi connectivity index (χ2v) is 7.68. The number of hydrogen-bond donors (Lipinski definition) is 0. The lowest BCUT2D eigenvalue weighted by atomic mass is 10.00. The SMILES string of the molecule is C=C(OC(Cc1ccccc1)C(=O)N(C)C(CC(C)C)C(=C)OC)C(C)C. The van der Waals surface area contributed by atoms with Crippen LogP contribution in [0.25, 0.3) is 0 Å². The van der Waals surface area contributed by atoms with Crippen molar-refractivity contribution in [3.05, 3.63) is 60.6 Å². The van der Waals surface area contributed by atoms with E-state index < -0.39 is 6.10 Å². The second kappa shape index (κ2) is 10.8. The highest BCUT2D eigenvalue weighted by atomic mass is 16.5. The predicted octanol–water partition coefficient (Wildman–Crippen LogP) is 4.82. The van der Waals surface area contributed by atoms with Crippen molar-refractivity contribution in [3.8, 4) is 0 Å². The first-order chi connectivity index (χ1) is 12.7. The van der Waals surface area contributed by atoms with Crippen LogP contribution in [0.2, 0.25) is 0 Å². The molecule has 0 bridgehead atoms. The minimum Gasteiger partial charge on any atom is -0.500 e. The fourth-order valence-electron chi connectivity index (χ4n) is 2.80. The molecule has 0 aliphatic rings. The van der Waals surface area contributed by atoms with E-state index in [9.17, 15) is 4.79 Å². The Balaban J connectivity index is 3.07. The largest absolute Gasteiger partial charge is 0.500 e. The maximum atomic E-state index is 13.3. The fraction of sp³-hybridized carbons (Fsp3) is 0.522. The third-order valence-corrected chi connectivity index (χ3v) is 4.62. The van der Waals surface area contributed by atoms with Crippen LogP contribution in [-0.2, 0) is 20.7 Å². The molecule has 1 aromatic carbocycles. The number of allylic oxidation sites excluding steroid dienone is 1. The smallest absolute Gasteiger partial charge is 0.264 e. The summed E-state index contributed by atoms with van der Waals surface area (Å²) < 4.78 is 11.4. The molecule has 150 valence electrons. The summed E-state index contributed by atoms with van der Waals surface area (Å²) >= 11 is 0. The fourth-order valence-corrected chi connectivity index (χ4v) is 2.80. The van der Waals surface area contributed by atoms with Crippen LogP contribution in [0.15, 0.2) is 55.0 Å². The number of likely N-dealkylation sites (N-methyl/N-ethyl adjacent to an activating group) is 1. The number of benzene rings is 1. The number of amides is 1. The van der Waals surface area contributed by atoms with Gasteiger partial charge in [-0.1, -0.05) is 71.2 Å². The van der Waals surface area contributed by atoms with E-state index in [-0.39, 0.29) is 17.9 Å². The molecule has 0 saturated carbocycles. The van der Waals surface area contributed by atoms with Crippen LogP contribution < -0.4 is 0 Å². The zero-order chi connectivity index (χ0) is 20.6. The van der Waals surface area contributed by atoms with Gasteiger partial charge in [0.2, 0.25) is 0 Å². The minimum absolute atomic E-state index is 0.0931. The lowest BCUT2D eigenvalue weighted by Crippen LogP contribution is -2.46. The van der Waals surface area contributed by atoms with Crippen molar-refractivity contribution >= 4 is 5.91 Å². The normalized spacial score (nSPS) is 13.2. The molecule has 0 spiro atoms. The molecule has 4 heteroatoms. The summed E-state index contributed by atoms with van der Waals surface area (Å²) in [5.41, 5.74) is 1.05. The van der Waals surface area contributed by atoms with Crippen molar-refractivity contribution in [1.82, 2.24) is 4.90 Å². The topological polar surface area (TPSA) is 38.8 Å². The Morgan fingerprint density at radius 3 is 2.15 bits per heavy atom. The molecule has 2 unspecified atom stereocenters. The molecular formula is C23H35NO3. The molecule has 1 rings (SSSR count). The van der Waals surface area contributed by atoms with Gasteiger partial charge in [-0.3, -0.25) is 4.79 Å². The molecule has 0 aliphatic heterocycles. The van der Waals surface area contributed by atoms with Gasteiger partial charge < -0.3 is 14.4 Å². The van der Waals surface area contributed by atoms with Crippen molar-refractivity contribution < 1.29 is 14.3 Å². The zero-order valence-corrected chi connectivity index (χ0v) is 17.7. The van der Waals surface area contributed by atoms with Gasteiger partial charge in [0.25, 0.3) is 5.91 Å². The Hall–Kier alpha value is -2.23. The molecule has 2 atom stereocenters. The number of hydrogen-bond acceptors (Lipinski definition) is 3. The summed E-state index contributed by atoms with van der Waals surface area (Å²) in [5.74, 6) is 1.65. The first-order valence-electron chi connectivity index (χ1n) is 9.56. The van der Waals surface area contributed by atoms with Crippen LogP contribution in [0.3, 0.4) is 0 Å². The molecule has 27 heavy (non-hydrogen) atoms. The van der Waals surface area contributed by atoms with Crippen LogP contribution in [0, 0.1) is 11.8 Å². The number of ether oxygens (including phenoxy) is 2. The number of carbonyl (C=O) groups is 1. The monoisotopic (exact) mass is 373 g/mol. The average Bonchev–Trinajstić information content (AvgIpc) is 2.64. The maximum Gasteiger partial charge on any atom is 0.264 e. The first kappa shape index (κ1) is 22.8. The number of carbonyl (C=O) groups excluding carboxylic acids is 1. The van der Waals surface area contributed by atoms with Gasteiger partial charge in [0.1, 0.15) is 5.76 Å². The van der Waals surface area contributed by atoms with E-state index in [0.29, 0.717) is 23.9 Å². The molecule has 0 N–H and O–H groups in total. The number of methoxy groups -OCH3 is 1.